The summed E-state index contributed by atoms with van der Waals surface area (Å²) in [5.74, 6) is 0.363. The molecule has 76 valence electrons. The third-order valence-corrected chi connectivity index (χ3v) is 3.73. The highest BCUT2D eigenvalue weighted by atomic mass is 32.1. The van der Waals surface area contributed by atoms with Crippen molar-refractivity contribution in [3.63, 3.8) is 0 Å². The van der Waals surface area contributed by atoms with Crippen molar-refractivity contribution >= 4 is 17.2 Å². The van der Waals surface area contributed by atoms with Gasteiger partial charge in [0.1, 0.15) is 0 Å². The largest absolute Gasteiger partial charge is 0.350 e. The first-order valence-electron chi connectivity index (χ1n) is 4.72. The van der Waals surface area contributed by atoms with Crippen LogP contribution in [0.4, 0.5) is 0 Å². The van der Waals surface area contributed by atoms with E-state index >= 15 is 0 Å². The summed E-state index contributed by atoms with van der Waals surface area (Å²) < 4.78 is 0. The van der Waals surface area contributed by atoms with Gasteiger partial charge in [0.2, 0.25) is 5.91 Å². The van der Waals surface area contributed by atoms with E-state index in [2.05, 4.69) is 24.1 Å². The standard InChI is InChI=1S/C10H14N2OS/c1-6-5-14-9(11-6)7-4-8(13)12-10(7,2)3/h5,7H,4H2,1-3H3,(H,12,13). The lowest BCUT2D eigenvalue weighted by molar-refractivity contribution is -0.119. The van der Waals surface area contributed by atoms with Gasteiger partial charge in [-0.05, 0) is 20.8 Å². The Labute approximate surface area is 87.6 Å². The Morgan fingerprint density at radius 1 is 1.64 bits per heavy atom. The lowest BCUT2D eigenvalue weighted by Gasteiger charge is -2.24. The number of nitrogens with one attached hydrogen (secondary N) is 1. The maximum Gasteiger partial charge on any atom is 0.221 e. The predicted molar refractivity (Wildman–Crippen MR) is 56.4 cm³/mol. The maximum atomic E-state index is 11.3. The lowest BCUT2D eigenvalue weighted by atomic mass is 9.90. The molecule has 1 N–H and O–H groups in total. The summed E-state index contributed by atoms with van der Waals surface area (Å²) in [6, 6.07) is 0. The van der Waals surface area contributed by atoms with E-state index in [0.717, 1.165) is 10.7 Å². The lowest BCUT2D eigenvalue weighted by Crippen LogP contribution is -2.38. The van der Waals surface area contributed by atoms with E-state index in [0.29, 0.717) is 6.42 Å². The molecule has 0 aliphatic carbocycles. The van der Waals surface area contributed by atoms with Crippen molar-refractivity contribution in [1.82, 2.24) is 10.3 Å². The van der Waals surface area contributed by atoms with Crippen LogP contribution >= 0.6 is 11.3 Å². The van der Waals surface area contributed by atoms with Crippen LogP contribution in [0, 0.1) is 6.92 Å². The molecule has 1 aromatic rings. The van der Waals surface area contributed by atoms with Crippen molar-refractivity contribution in [2.45, 2.75) is 38.6 Å². The Morgan fingerprint density at radius 3 is 2.79 bits per heavy atom. The molecule has 14 heavy (non-hydrogen) atoms. The Morgan fingerprint density at radius 2 is 2.36 bits per heavy atom. The first-order valence-corrected chi connectivity index (χ1v) is 5.60. The summed E-state index contributed by atoms with van der Waals surface area (Å²) in [5, 5.41) is 6.09. The summed E-state index contributed by atoms with van der Waals surface area (Å²) in [6.07, 6.45) is 0.569. The van der Waals surface area contributed by atoms with Crippen molar-refractivity contribution < 1.29 is 4.79 Å². The van der Waals surface area contributed by atoms with E-state index in [9.17, 15) is 4.79 Å². The fourth-order valence-electron chi connectivity index (χ4n) is 1.87. The SMILES string of the molecule is Cc1csc(C2CC(=O)NC2(C)C)n1. The second-order valence-electron chi connectivity index (χ2n) is 4.35. The second-order valence-corrected chi connectivity index (χ2v) is 5.24. The third-order valence-electron chi connectivity index (χ3n) is 2.66. The van der Waals surface area contributed by atoms with E-state index in [-0.39, 0.29) is 17.4 Å². The van der Waals surface area contributed by atoms with Crippen LogP contribution in [0.25, 0.3) is 0 Å². The number of aryl methyl sites for hydroxylation is 1. The van der Waals surface area contributed by atoms with Gasteiger partial charge in [0.25, 0.3) is 0 Å². The average Bonchev–Trinajstić information content (AvgIpc) is 2.55. The summed E-state index contributed by atoms with van der Waals surface area (Å²) in [6.45, 7) is 6.09. The summed E-state index contributed by atoms with van der Waals surface area (Å²) >= 11 is 1.65. The first kappa shape index (κ1) is 9.65. The molecule has 0 saturated carbocycles. The van der Waals surface area contributed by atoms with Crippen molar-refractivity contribution in [2.24, 2.45) is 0 Å². The molecule has 1 aliphatic heterocycles. The van der Waals surface area contributed by atoms with Gasteiger partial charge in [-0.1, -0.05) is 0 Å². The van der Waals surface area contributed by atoms with E-state index in [1.165, 1.54) is 0 Å². The second kappa shape index (κ2) is 3.05. The first-order chi connectivity index (χ1) is 6.49. The molecule has 1 fully saturated rings. The minimum atomic E-state index is -0.151. The van der Waals surface area contributed by atoms with Crippen LogP contribution in [0.2, 0.25) is 0 Å². The highest BCUT2D eigenvalue weighted by Gasteiger charge is 2.41. The molecule has 4 heteroatoms. The number of hydrogen-bond acceptors (Lipinski definition) is 3. The number of aromatic nitrogens is 1. The van der Waals surface area contributed by atoms with Gasteiger partial charge >= 0.3 is 0 Å². The fraction of sp³-hybridized carbons (Fsp3) is 0.600. The van der Waals surface area contributed by atoms with Crippen LogP contribution in [0.3, 0.4) is 0 Å². The van der Waals surface area contributed by atoms with Crippen LogP contribution in [0.1, 0.15) is 36.9 Å². The maximum absolute atomic E-state index is 11.3. The van der Waals surface area contributed by atoms with E-state index < -0.39 is 0 Å². The van der Waals surface area contributed by atoms with Crippen molar-refractivity contribution in [1.29, 1.82) is 0 Å². The zero-order chi connectivity index (χ0) is 10.3. The molecule has 1 saturated heterocycles. The molecular weight excluding hydrogens is 196 g/mol. The van der Waals surface area contributed by atoms with Crippen molar-refractivity contribution in [3.8, 4) is 0 Å². The molecular formula is C10H14N2OS. The van der Waals surface area contributed by atoms with Crippen LogP contribution in [0.15, 0.2) is 5.38 Å². The number of carbonyl (C=O) groups is 1. The summed E-state index contributed by atoms with van der Waals surface area (Å²) in [7, 11) is 0. The average molecular weight is 210 g/mol. The van der Waals surface area contributed by atoms with Gasteiger partial charge in [0.15, 0.2) is 0 Å². The highest BCUT2D eigenvalue weighted by molar-refractivity contribution is 7.09. The Balaban J connectivity index is 2.31. The minimum absolute atomic E-state index is 0.132. The van der Waals surface area contributed by atoms with E-state index in [1.807, 2.05) is 12.3 Å². The van der Waals surface area contributed by atoms with Crippen molar-refractivity contribution in [3.05, 3.63) is 16.1 Å². The molecule has 1 amide bonds. The molecule has 1 atom stereocenters. The van der Waals surface area contributed by atoms with Gasteiger partial charge in [0, 0.05) is 29.0 Å². The smallest absolute Gasteiger partial charge is 0.221 e. The van der Waals surface area contributed by atoms with Crippen LogP contribution in [0.5, 0.6) is 0 Å². The fourth-order valence-corrected chi connectivity index (χ4v) is 2.95. The Kier molecular flexibility index (Phi) is 2.10. The molecule has 3 nitrogen and oxygen atoms in total. The third kappa shape index (κ3) is 1.54. The minimum Gasteiger partial charge on any atom is -0.350 e. The highest BCUT2D eigenvalue weighted by Crippen LogP contribution is 2.37. The zero-order valence-electron chi connectivity index (χ0n) is 8.63. The quantitative estimate of drug-likeness (QED) is 0.768. The topological polar surface area (TPSA) is 42.0 Å². The number of nitrogens with zero attached hydrogens (tertiary/aromatic N) is 1. The molecule has 1 aromatic heterocycles. The monoisotopic (exact) mass is 210 g/mol. The molecule has 2 heterocycles. The Hall–Kier alpha value is -0.900. The van der Waals surface area contributed by atoms with Gasteiger partial charge in [-0.15, -0.1) is 11.3 Å². The molecule has 0 spiro atoms. The molecule has 0 aromatic carbocycles. The number of hydrogen-bond donors (Lipinski definition) is 1. The normalized spacial score (nSPS) is 25.1. The number of rotatable bonds is 1. The van der Waals surface area contributed by atoms with E-state index in [1.54, 1.807) is 11.3 Å². The summed E-state index contributed by atoms with van der Waals surface area (Å²) in [5.41, 5.74) is 0.890. The van der Waals surface area contributed by atoms with Crippen LogP contribution in [-0.4, -0.2) is 16.4 Å². The molecule has 1 aliphatic rings. The van der Waals surface area contributed by atoms with Crippen molar-refractivity contribution in [2.75, 3.05) is 0 Å². The number of thiazole rings is 1. The molecule has 2 rings (SSSR count). The molecule has 1 unspecified atom stereocenters. The van der Waals surface area contributed by atoms with Gasteiger partial charge in [-0.3, -0.25) is 4.79 Å². The van der Waals surface area contributed by atoms with Gasteiger partial charge < -0.3 is 5.32 Å². The summed E-state index contributed by atoms with van der Waals surface area (Å²) in [4.78, 5) is 15.8. The van der Waals surface area contributed by atoms with Crippen LogP contribution in [-0.2, 0) is 4.79 Å². The van der Waals surface area contributed by atoms with E-state index in [4.69, 9.17) is 0 Å². The molecule has 0 radical (unpaired) electrons. The predicted octanol–water partition coefficient (Wildman–Crippen LogP) is 1.83. The Bertz CT molecular complexity index is 370. The number of carbonyl (C=O) groups excluding carboxylic acids is 1. The van der Waals surface area contributed by atoms with Gasteiger partial charge in [-0.2, -0.15) is 0 Å². The van der Waals surface area contributed by atoms with Crippen LogP contribution < -0.4 is 5.32 Å². The zero-order valence-corrected chi connectivity index (χ0v) is 9.44. The number of amides is 1. The van der Waals surface area contributed by atoms with Gasteiger partial charge in [-0.25, -0.2) is 4.98 Å². The molecule has 0 bridgehead atoms. The van der Waals surface area contributed by atoms with Gasteiger partial charge in [0.05, 0.1) is 5.01 Å².